The lowest BCUT2D eigenvalue weighted by Crippen LogP contribution is -2.56. The monoisotopic (exact) mass is 366 g/mol. The number of hydrazine groups is 1. The minimum Gasteiger partial charge on any atom is -0.361 e. The molecule has 0 spiro atoms. The summed E-state index contributed by atoms with van der Waals surface area (Å²) in [6, 6.07) is 8.52. The topological polar surface area (TPSA) is 51.4 Å². The zero-order chi connectivity index (χ0) is 18.3. The highest BCUT2D eigenvalue weighted by atomic mass is 16.2. The molecule has 5 heteroatoms. The fourth-order valence-electron chi connectivity index (χ4n) is 5.47. The van der Waals surface area contributed by atoms with Crippen LogP contribution in [0.3, 0.4) is 0 Å². The summed E-state index contributed by atoms with van der Waals surface area (Å²) < 4.78 is 0. The number of fused-ring (bicyclic) bond motifs is 3. The van der Waals surface area contributed by atoms with Gasteiger partial charge in [-0.05, 0) is 56.1 Å². The number of amides is 1. The molecule has 0 unspecified atom stereocenters. The summed E-state index contributed by atoms with van der Waals surface area (Å²) >= 11 is 0. The van der Waals surface area contributed by atoms with Gasteiger partial charge in [0.15, 0.2) is 0 Å². The third kappa shape index (κ3) is 3.27. The normalized spacial score (nSPS) is 28.8. The highest BCUT2D eigenvalue weighted by molar-refractivity contribution is 5.83. The number of piperazine rings is 1. The van der Waals surface area contributed by atoms with Crippen molar-refractivity contribution in [2.75, 3.05) is 32.7 Å². The average molecular weight is 367 g/mol. The second-order valence-electron chi connectivity index (χ2n) is 8.81. The van der Waals surface area contributed by atoms with Gasteiger partial charge in [-0.25, -0.2) is 5.01 Å². The predicted octanol–water partition coefficient (Wildman–Crippen LogP) is 2.94. The Labute approximate surface area is 161 Å². The Morgan fingerprint density at radius 3 is 2.67 bits per heavy atom. The van der Waals surface area contributed by atoms with Crippen molar-refractivity contribution in [2.24, 2.45) is 11.3 Å². The van der Waals surface area contributed by atoms with Crippen LogP contribution >= 0.6 is 0 Å². The van der Waals surface area contributed by atoms with Gasteiger partial charge in [0, 0.05) is 49.8 Å². The van der Waals surface area contributed by atoms with Crippen LogP contribution in [0.1, 0.15) is 37.7 Å². The molecule has 1 aromatic carbocycles. The number of hydrogen-bond acceptors (Lipinski definition) is 3. The number of H-pyrrole nitrogens is 1. The molecule has 1 amide bonds. The molecule has 1 aromatic heterocycles. The van der Waals surface area contributed by atoms with Crippen molar-refractivity contribution >= 4 is 16.8 Å². The van der Waals surface area contributed by atoms with Crippen LogP contribution in [0, 0.1) is 11.3 Å². The van der Waals surface area contributed by atoms with Crippen LogP contribution in [0.5, 0.6) is 0 Å². The van der Waals surface area contributed by atoms with Gasteiger partial charge in [0.05, 0.1) is 5.41 Å². The minimum atomic E-state index is -0.0306. The van der Waals surface area contributed by atoms with E-state index in [0.717, 1.165) is 64.3 Å². The number of aromatic amines is 1. The van der Waals surface area contributed by atoms with Gasteiger partial charge < -0.3 is 9.88 Å². The molecule has 2 N–H and O–H groups in total. The van der Waals surface area contributed by atoms with Gasteiger partial charge in [-0.3, -0.25) is 10.2 Å². The number of carbonyl (C=O) groups is 1. The van der Waals surface area contributed by atoms with Crippen molar-refractivity contribution in [1.82, 2.24) is 20.3 Å². The van der Waals surface area contributed by atoms with Gasteiger partial charge in [-0.15, -0.1) is 0 Å². The molecule has 1 saturated heterocycles. The summed E-state index contributed by atoms with van der Waals surface area (Å²) in [6.45, 7) is 4.99. The summed E-state index contributed by atoms with van der Waals surface area (Å²) in [5.41, 5.74) is 5.85. The number of para-hydroxylation sites is 1. The first-order valence-corrected chi connectivity index (χ1v) is 10.6. The van der Waals surface area contributed by atoms with Crippen LogP contribution in [0.4, 0.5) is 0 Å². The zero-order valence-electron chi connectivity index (χ0n) is 16.0. The number of benzene rings is 1. The van der Waals surface area contributed by atoms with Crippen molar-refractivity contribution in [3.05, 3.63) is 36.0 Å². The van der Waals surface area contributed by atoms with Gasteiger partial charge in [-0.2, -0.15) is 0 Å². The molecular weight excluding hydrogens is 336 g/mol. The lowest BCUT2D eigenvalue weighted by molar-refractivity contribution is -0.136. The highest BCUT2D eigenvalue weighted by Crippen LogP contribution is 2.54. The Hall–Kier alpha value is -1.85. The van der Waals surface area contributed by atoms with Crippen molar-refractivity contribution in [3.8, 4) is 0 Å². The second-order valence-corrected chi connectivity index (χ2v) is 8.81. The molecule has 2 bridgehead atoms. The Morgan fingerprint density at radius 2 is 1.93 bits per heavy atom. The lowest BCUT2D eigenvalue weighted by atomic mass is 9.83. The maximum atomic E-state index is 12.8. The lowest BCUT2D eigenvalue weighted by Gasteiger charge is -2.36. The van der Waals surface area contributed by atoms with E-state index in [4.69, 9.17) is 0 Å². The van der Waals surface area contributed by atoms with Crippen LogP contribution in [-0.4, -0.2) is 53.5 Å². The number of aromatic nitrogens is 1. The molecule has 2 saturated carbocycles. The number of carbonyl (C=O) groups excluding carboxylic acids is 1. The number of nitrogens with zero attached hydrogens (tertiary/aromatic N) is 2. The van der Waals surface area contributed by atoms with Crippen LogP contribution in [0.2, 0.25) is 0 Å². The van der Waals surface area contributed by atoms with Gasteiger partial charge in [0.1, 0.15) is 0 Å². The molecule has 0 atom stereocenters. The van der Waals surface area contributed by atoms with Gasteiger partial charge in [0.25, 0.3) is 0 Å². The molecule has 5 nitrogen and oxygen atoms in total. The van der Waals surface area contributed by atoms with Crippen LogP contribution in [-0.2, 0) is 11.2 Å². The van der Waals surface area contributed by atoms with E-state index in [1.807, 2.05) is 0 Å². The van der Waals surface area contributed by atoms with Gasteiger partial charge >= 0.3 is 0 Å². The molecular formula is C22H30N4O. The van der Waals surface area contributed by atoms with Crippen molar-refractivity contribution in [3.63, 3.8) is 0 Å². The molecule has 3 aliphatic rings. The standard InChI is InChI=1S/C22H30N4O/c27-21(22-8-5-17(15-22)6-9-22)24-26-13-11-25(12-14-26)10-7-18-16-23-20-4-2-1-3-19(18)20/h1-4,16-17,23H,5-15H2,(H,24,27). The van der Waals surface area contributed by atoms with Gasteiger partial charge in [-0.1, -0.05) is 18.2 Å². The number of hydrogen-bond donors (Lipinski definition) is 2. The van der Waals surface area contributed by atoms with E-state index in [9.17, 15) is 4.79 Å². The largest absolute Gasteiger partial charge is 0.361 e. The Balaban J connectivity index is 1.10. The summed E-state index contributed by atoms with van der Waals surface area (Å²) in [6.07, 6.45) is 9.08. The fraction of sp³-hybridized carbons (Fsp3) is 0.591. The fourth-order valence-corrected chi connectivity index (χ4v) is 5.47. The smallest absolute Gasteiger partial charge is 0.240 e. The summed E-state index contributed by atoms with van der Waals surface area (Å²) in [5.74, 6) is 1.12. The summed E-state index contributed by atoms with van der Waals surface area (Å²) in [7, 11) is 0. The number of nitrogens with one attached hydrogen (secondary N) is 2. The van der Waals surface area contributed by atoms with E-state index >= 15 is 0 Å². The Bertz CT molecular complexity index is 813. The SMILES string of the molecule is O=C(NN1CCN(CCc2c[nH]c3ccccc23)CC1)C12CCC(CC1)C2. The van der Waals surface area contributed by atoms with E-state index < -0.39 is 0 Å². The molecule has 0 radical (unpaired) electrons. The van der Waals surface area contributed by atoms with Crippen LogP contribution < -0.4 is 5.43 Å². The summed E-state index contributed by atoms with van der Waals surface area (Å²) in [5, 5.41) is 3.50. The first kappa shape index (κ1) is 17.3. The maximum absolute atomic E-state index is 12.8. The first-order valence-electron chi connectivity index (χ1n) is 10.6. The predicted molar refractivity (Wildman–Crippen MR) is 107 cm³/mol. The number of rotatable bonds is 5. The third-order valence-electron chi connectivity index (χ3n) is 7.23. The van der Waals surface area contributed by atoms with Crippen molar-refractivity contribution in [2.45, 2.75) is 38.5 Å². The van der Waals surface area contributed by atoms with E-state index in [1.165, 1.54) is 29.3 Å². The molecule has 2 heterocycles. The summed E-state index contributed by atoms with van der Waals surface area (Å²) in [4.78, 5) is 18.7. The van der Waals surface area contributed by atoms with Crippen molar-refractivity contribution < 1.29 is 4.79 Å². The van der Waals surface area contributed by atoms with E-state index in [-0.39, 0.29) is 5.41 Å². The van der Waals surface area contributed by atoms with Crippen molar-refractivity contribution in [1.29, 1.82) is 0 Å². The maximum Gasteiger partial charge on any atom is 0.240 e. The van der Waals surface area contributed by atoms with E-state index in [0.29, 0.717) is 5.91 Å². The average Bonchev–Trinajstić information content (AvgIpc) is 3.43. The molecule has 3 fully saturated rings. The molecule has 2 aliphatic carbocycles. The molecule has 5 rings (SSSR count). The Kier molecular flexibility index (Phi) is 4.44. The van der Waals surface area contributed by atoms with E-state index in [1.54, 1.807) is 0 Å². The van der Waals surface area contributed by atoms with Gasteiger partial charge in [0.2, 0.25) is 5.91 Å². The molecule has 1 aliphatic heterocycles. The van der Waals surface area contributed by atoms with Crippen LogP contribution in [0.25, 0.3) is 10.9 Å². The second kappa shape index (κ2) is 6.95. The van der Waals surface area contributed by atoms with Crippen LogP contribution in [0.15, 0.2) is 30.5 Å². The Morgan fingerprint density at radius 1 is 1.15 bits per heavy atom. The third-order valence-corrected chi connectivity index (χ3v) is 7.23. The molecule has 144 valence electrons. The first-order chi connectivity index (χ1) is 13.2. The van der Waals surface area contributed by atoms with E-state index in [2.05, 4.69) is 50.8 Å². The zero-order valence-corrected chi connectivity index (χ0v) is 16.0. The quantitative estimate of drug-likeness (QED) is 0.855. The minimum absolute atomic E-state index is 0.0306. The molecule has 2 aromatic rings. The highest BCUT2D eigenvalue weighted by Gasteiger charge is 2.50. The molecule has 27 heavy (non-hydrogen) atoms.